The molecule has 0 radical (unpaired) electrons. The largest absolute Gasteiger partial charge is 0.153 e. The summed E-state index contributed by atoms with van der Waals surface area (Å²) in [6, 6.07) is 31.0. The first kappa shape index (κ1) is 16.7. The Morgan fingerprint density at radius 2 is 0.955 bits per heavy atom. The van der Waals surface area contributed by atoms with E-state index in [4.69, 9.17) is 11.6 Å². The van der Waals surface area contributed by atoms with Gasteiger partial charge in [-0.25, -0.2) is 0 Å². The van der Waals surface area contributed by atoms with Crippen LogP contribution in [-0.4, -0.2) is 0 Å². The van der Waals surface area contributed by atoms with Gasteiger partial charge in [0.1, 0.15) is 0 Å². The van der Waals surface area contributed by atoms with Crippen molar-refractivity contribution in [2.75, 3.05) is 0 Å². The van der Waals surface area contributed by atoms with Crippen molar-refractivity contribution in [3.05, 3.63) is 108 Å². The topological polar surface area (TPSA) is 0 Å². The van der Waals surface area contributed by atoms with Crippen LogP contribution in [-0.2, 0) is 11.3 Å². The minimum absolute atomic E-state index is 0. The Labute approximate surface area is 140 Å². The summed E-state index contributed by atoms with van der Waals surface area (Å²) in [6.45, 7) is 0. The summed E-state index contributed by atoms with van der Waals surface area (Å²) in [5.41, 5.74) is 3.49. The number of hydrogen-bond acceptors (Lipinski definition) is 0. The van der Waals surface area contributed by atoms with Gasteiger partial charge in [0.05, 0.1) is 4.87 Å². The Morgan fingerprint density at radius 1 is 0.591 bits per heavy atom. The molecule has 112 valence electrons. The smallest absolute Gasteiger partial charge is 0.0984 e. The first-order valence-corrected chi connectivity index (χ1v) is 7.51. The predicted molar refractivity (Wildman–Crippen MR) is 101 cm³/mol. The Hall–Kier alpha value is -1.62. The van der Waals surface area contributed by atoms with E-state index in [0.29, 0.717) is 0 Å². The molecule has 0 nitrogen and oxygen atoms in total. The average molecular weight is 327 g/mol. The lowest BCUT2D eigenvalue weighted by molar-refractivity contribution is 0.720. The van der Waals surface area contributed by atoms with Gasteiger partial charge < -0.3 is 0 Å². The lowest BCUT2D eigenvalue weighted by Gasteiger charge is -2.28. The molecule has 3 rings (SSSR count). The van der Waals surface area contributed by atoms with Crippen LogP contribution in [0.5, 0.6) is 0 Å². The van der Waals surface area contributed by atoms with Crippen molar-refractivity contribution >= 4 is 21.5 Å². The van der Waals surface area contributed by atoms with Crippen LogP contribution in [0.15, 0.2) is 91.0 Å². The van der Waals surface area contributed by atoms with Gasteiger partial charge in [-0.1, -0.05) is 91.0 Å². The average Bonchev–Trinajstić information content (AvgIpc) is 2.57. The van der Waals surface area contributed by atoms with E-state index in [9.17, 15) is 0 Å². The fraction of sp³-hybridized carbons (Fsp3) is 0.100. The summed E-state index contributed by atoms with van der Waals surface area (Å²) in [7, 11) is 0. The van der Waals surface area contributed by atoms with Crippen molar-refractivity contribution in [3.63, 3.8) is 0 Å². The molecule has 0 heterocycles. The first-order valence-electron chi connectivity index (χ1n) is 7.13. The molecule has 1 atom stereocenters. The first-order chi connectivity index (χ1) is 10.3. The Morgan fingerprint density at radius 3 is 1.36 bits per heavy atom. The number of halogens is 1. The van der Waals surface area contributed by atoms with Gasteiger partial charge in [-0.3, -0.25) is 0 Å². The van der Waals surface area contributed by atoms with Crippen LogP contribution in [0.2, 0.25) is 0 Å². The van der Waals surface area contributed by atoms with Crippen molar-refractivity contribution in [3.8, 4) is 0 Å². The number of hydrogen-bond donors (Lipinski definition) is 0. The molecule has 0 spiro atoms. The molecular formula is C20H20ClP. The van der Waals surface area contributed by atoms with Crippen LogP contribution in [0.3, 0.4) is 0 Å². The second-order valence-electron chi connectivity index (χ2n) is 5.20. The van der Waals surface area contributed by atoms with Crippen LogP contribution in [0.1, 0.15) is 16.7 Å². The van der Waals surface area contributed by atoms with E-state index < -0.39 is 4.87 Å². The molecule has 0 aliphatic rings. The molecular weight excluding hydrogens is 307 g/mol. The van der Waals surface area contributed by atoms with Gasteiger partial charge in [-0.05, 0) is 23.1 Å². The molecule has 0 aliphatic heterocycles. The van der Waals surface area contributed by atoms with E-state index in [0.717, 1.165) is 17.5 Å². The molecule has 0 aromatic heterocycles. The van der Waals surface area contributed by atoms with Crippen LogP contribution in [0.4, 0.5) is 0 Å². The van der Waals surface area contributed by atoms with Gasteiger partial charge in [0.15, 0.2) is 0 Å². The van der Waals surface area contributed by atoms with Gasteiger partial charge in [0.2, 0.25) is 0 Å². The van der Waals surface area contributed by atoms with Crippen molar-refractivity contribution < 1.29 is 0 Å². The quantitative estimate of drug-likeness (QED) is 0.440. The maximum absolute atomic E-state index is 7.12. The highest BCUT2D eigenvalue weighted by molar-refractivity contribution is 6.92. The molecule has 1 unspecified atom stereocenters. The molecule has 0 aliphatic carbocycles. The maximum atomic E-state index is 7.12. The molecule has 0 fully saturated rings. The molecule has 3 aromatic carbocycles. The second kappa shape index (κ2) is 7.58. The van der Waals surface area contributed by atoms with Crippen LogP contribution >= 0.6 is 21.5 Å². The van der Waals surface area contributed by atoms with E-state index in [2.05, 4.69) is 48.5 Å². The molecule has 22 heavy (non-hydrogen) atoms. The summed E-state index contributed by atoms with van der Waals surface area (Å²) in [5.74, 6) is 0. The van der Waals surface area contributed by atoms with E-state index in [1.807, 2.05) is 42.5 Å². The zero-order chi connectivity index (χ0) is 14.5. The zero-order valence-electron chi connectivity index (χ0n) is 12.5. The lowest BCUT2D eigenvalue weighted by atomic mass is 9.85. The number of rotatable bonds is 4. The molecule has 0 amide bonds. The number of benzene rings is 3. The third-order valence-electron chi connectivity index (χ3n) is 3.75. The van der Waals surface area contributed by atoms with Crippen LogP contribution < -0.4 is 0 Å². The van der Waals surface area contributed by atoms with Crippen molar-refractivity contribution in [2.24, 2.45) is 0 Å². The standard InChI is InChI=1S/C20H17Cl.H3P/c21-20(18-12-6-2-7-13-18,19-14-8-3-9-15-19)16-17-10-4-1-5-11-17;/h1-15H,16H2;1H3. The number of alkyl halides is 1. The van der Waals surface area contributed by atoms with E-state index in [1.165, 1.54) is 5.56 Å². The lowest BCUT2D eigenvalue weighted by Crippen LogP contribution is -2.23. The third-order valence-corrected chi connectivity index (χ3v) is 4.32. The molecule has 0 N–H and O–H groups in total. The Balaban J connectivity index is 0.00000176. The second-order valence-corrected chi connectivity index (χ2v) is 5.84. The van der Waals surface area contributed by atoms with Crippen molar-refractivity contribution in [2.45, 2.75) is 11.3 Å². The monoisotopic (exact) mass is 326 g/mol. The third kappa shape index (κ3) is 3.58. The van der Waals surface area contributed by atoms with Gasteiger partial charge in [-0.15, -0.1) is 11.6 Å². The van der Waals surface area contributed by atoms with Crippen LogP contribution in [0, 0.1) is 0 Å². The summed E-state index contributed by atoms with van der Waals surface area (Å²) in [6.07, 6.45) is 0.767. The fourth-order valence-electron chi connectivity index (χ4n) is 2.65. The summed E-state index contributed by atoms with van der Waals surface area (Å²) >= 11 is 7.12. The SMILES string of the molecule is ClC(Cc1ccccc1)(c1ccccc1)c1ccccc1.P. The highest BCUT2D eigenvalue weighted by Gasteiger charge is 2.31. The highest BCUT2D eigenvalue weighted by atomic mass is 35.5. The molecule has 0 bridgehead atoms. The minimum Gasteiger partial charge on any atom is -0.153 e. The zero-order valence-corrected chi connectivity index (χ0v) is 14.6. The van der Waals surface area contributed by atoms with Crippen molar-refractivity contribution in [1.82, 2.24) is 0 Å². The normalized spacial score (nSPS) is 10.8. The minimum atomic E-state index is -0.538. The van der Waals surface area contributed by atoms with Crippen LogP contribution in [0.25, 0.3) is 0 Å². The predicted octanol–water partition coefficient (Wildman–Crippen LogP) is 5.47. The molecule has 3 aromatic rings. The van der Waals surface area contributed by atoms with Gasteiger partial charge in [-0.2, -0.15) is 9.90 Å². The summed E-state index contributed by atoms with van der Waals surface area (Å²) in [5, 5.41) is 0. The Bertz CT molecular complexity index is 641. The molecule has 2 heteroatoms. The van der Waals surface area contributed by atoms with E-state index in [-0.39, 0.29) is 9.90 Å². The van der Waals surface area contributed by atoms with Gasteiger partial charge >= 0.3 is 0 Å². The Kier molecular flexibility index (Phi) is 5.77. The maximum Gasteiger partial charge on any atom is 0.0984 e. The molecule has 0 saturated heterocycles. The van der Waals surface area contributed by atoms with Crippen molar-refractivity contribution in [1.29, 1.82) is 0 Å². The fourth-order valence-corrected chi connectivity index (χ4v) is 3.06. The summed E-state index contributed by atoms with van der Waals surface area (Å²) in [4.78, 5) is -0.538. The van der Waals surface area contributed by atoms with Gasteiger partial charge in [0.25, 0.3) is 0 Å². The highest BCUT2D eigenvalue weighted by Crippen LogP contribution is 2.39. The summed E-state index contributed by atoms with van der Waals surface area (Å²) < 4.78 is 0. The van der Waals surface area contributed by atoms with E-state index >= 15 is 0 Å². The van der Waals surface area contributed by atoms with Gasteiger partial charge in [0, 0.05) is 0 Å². The van der Waals surface area contributed by atoms with E-state index in [1.54, 1.807) is 0 Å². The molecule has 0 saturated carbocycles.